The van der Waals surface area contributed by atoms with Crippen molar-refractivity contribution >= 4 is 17.0 Å². The standard InChI is InChI=1S/C10H9NOS/c11-9-2-1-7(5-10(9)12)8-3-4-13-6-8/h1-6,12H,11H2. The molecule has 0 saturated carbocycles. The van der Waals surface area contributed by atoms with Gasteiger partial charge < -0.3 is 10.8 Å². The minimum atomic E-state index is 0.142. The number of phenolic OH excluding ortho intramolecular Hbond substituents is 1. The van der Waals surface area contributed by atoms with E-state index in [2.05, 4.69) is 0 Å². The highest BCUT2D eigenvalue weighted by Crippen LogP contribution is 2.28. The summed E-state index contributed by atoms with van der Waals surface area (Å²) in [5.74, 6) is 0.142. The third-order valence-corrected chi connectivity index (χ3v) is 2.57. The zero-order valence-electron chi connectivity index (χ0n) is 6.90. The van der Waals surface area contributed by atoms with Gasteiger partial charge in [-0.1, -0.05) is 6.07 Å². The van der Waals surface area contributed by atoms with Crippen LogP contribution in [0.5, 0.6) is 5.75 Å². The summed E-state index contributed by atoms with van der Waals surface area (Å²) in [6.07, 6.45) is 0. The molecule has 0 amide bonds. The SMILES string of the molecule is Nc1ccc(-c2ccsc2)cc1O. The van der Waals surface area contributed by atoms with Crippen molar-refractivity contribution in [1.29, 1.82) is 0 Å². The van der Waals surface area contributed by atoms with Crippen LogP contribution in [0.1, 0.15) is 0 Å². The number of aromatic hydroxyl groups is 1. The molecular formula is C10H9NOS. The monoisotopic (exact) mass is 191 g/mol. The smallest absolute Gasteiger partial charge is 0.139 e. The quantitative estimate of drug-likeness (QED) is 0.537. The van der Waals surface area contributed by atoms with E-state index < -0.39 is 0 Å². The molecule has 1 aromatic carbocycles. The number of nitrogen functional groups attached to an aromatic ring is 1. The maximum absolute atomic E-state index is 9.38. The molecule has 0 atom stereocenters. The topological polar surface area (TPSA) is 46.2 Å². The van der Waals surface area contributed by atoms with Crippen molar-refractivity contribution in [1.82, 2.24) is 0 Å². The molecule has 2 aromatic rings. The Hall–Kier alpha value is -1.48. The molecule has 1 heterocycles. The number of hydrogen-bond acceptors (Lipinski definition) is 3. The van der Waals surface area contributed by atoms with Gasteiger partial charge in [-0.3, -0.25) is 0 Å². The van der Waals surface area contributed by atoms with E-state index in [1.54, 1.807) is 23.5 Å². The molecule has 0 fully saturated rings. The van der Waals surface area contributed by atoms with E-state index in [0.29, 0.717) is 5.69 Å². The number of nitrogens with two attached hydrogens (primary N) is 1. The number of phenols is 1. The number of hydrogen-bond donors (Lipinski definition) is 2. The third-order valence-electron chi connectivity index (χ3n) is 1.88. The summed E-state index contributed by atoms with van der Waals surface area (Å²) in [5.41, 5.74) is 8.02. The average Bonchev–Trinajstić information content (AvgIpc) is 2.62. The largest absolute Gasteiger partial charge is 0.506 e. The lowest BCUT2D eigenvalue weighted by molar-refractivity contribution is 0.478. The molecule has 0 aliphatic carbocycles. The van der Waals surface area contributed by atoms with E-state index in [9.17, 15) is 5.11 Å². The van der Waals surface area contributed by atoms with Crippen LogP contribution < -0.4 is 5.73 Å². The molecular weight excluding hydrogens is 182 g/mol. The van der Waals surface area contributed by atoms with Crippen molar-refractivity contribution in [3.63, 3.8) is 0 Å². The number of rotatable bonds is 1. The molecule has 0 spiro atoms. The molecule has 2 nitrogen and oxygen atoms in total. The molecule has 0 bridgehead atoms. The van der Waals surface area contributed by atoms with Gasteiger partial charge in [0.2, 0.25) is 0 Å². The lowest BCUT2D eigenvalue weighted by atomic mass is 10.1. The molecule has 0 unspecified atom stereocenters. The molecule has 0 radical (unpaired) electrons. The number of anilines is 1. The van der Waals surface area contributed by atoms with E-state index in [4.69, 9.17) is 5.73 Å². The maximum Gasteiger partial charge on any atom is 0.139 e. The second-order valence-electron chi connectivity index (χ2n) is 2.79. The van der Waals surface area contributed by atoms with Crippen LogP contribution in [0.2, 0.25) is 0 Å². The Morgan fingerprint density at radius 3 is 2.62 bits per heavy atom. The Morgan fingerprint density at radius 1 is 1.15 bits per heavy atom. The van der Waals surface area contributed by atoms with Crippen LogP contribution in [0.4, 0.5) is 5.69 Å². The highest BCUT2D eigenvalue weighted by molar-refractivity contribution is 7.08. The Kier molecular flexibility index (Phi) is 1.94. The van der Waals surface area contributed by atoms with Crippen molar-refractivity contribution < 1.29 is 5.11 Å². The summed E-state index contributed by atoms with van der Waals surface area (Å²) in [5, 5.41) is 13.4. The molecule has 13 heavy (non-hydrogen) atoms. The highest BCUT2D eigenvalue weighted by atomic mass is 32.1. The molecule has 1 aromatic heterocycles. The Morgan fingerprint density at radius 2 is 2.00 bits per heavy atom. The highest BCUT2D eigenvalue weighted by Gasteiger charge is 2.01. The van der Waals surface area contributed by atoms with Gasteiger partial charge >= 0.3 is 0 Å². The summed E-state index contributed by atoms with van der Waals surface area (Å²) in [6.45, 7) is 0. The normalized spacial score (nSPS) is 10.2. The van der Waals surface area contributed by atoms with Crippen LogP contribution in [-0.4, -0.2) is 5.11 Å². The Labute approximate surface area is 80.3 Å². The second-order valence-corrected chi connectivity index (χ2v) is 3.57. The first-order valence-corrected chi connectivity index (χ1v) is 4.83. The molecule has 0 aliphatic heterocycles. The summed E-state index contributed by atoms with van der Waals surface area (Å²) in [6, 6.07) is 7.30. The zero-order chi connectivity index (χ0) is 9.26. The van der Waals surface area contributed by atoms with Gasteiger partial charge in [-0.2, -0.15) is 11.3 Å². The van der Waals surface area contributed by atoms with E-state index in [1.807, 2.05) is 22.9 Å². The predicted molar refractivity (Wildman–Crippen MR) is 55.8 cm³/mol. The lowest BCUT2D eigenvalue weighted by Gasteiger charge is -2.01. The van der Waals surface area contributed by atoms with Crippen LogP contribution in [0.25, 0.3) is 11.1 Å². The zero-order valence-corrected chi connectivity index (χ0v) is 7.71. The first-order valence-electron chi connectivity index (χ1n) is 3.88. The van der Waals surface area contributed by atoms with Gasteiger partial charge in [-0.15, -0.1) is 0 Å². The van der Waals surface area contributed by atoms with E-state index >= 15 is 0 Å². The fourth-order valence-corrected chi connectivity index (χ4v) is 1.82. The van der Waals surface area contributed by atoms with Crippen LogP contribution >= 0.6 is 11.3 Å². The van der Waals surface area contributed by atoms with Gasteiger partial charge in [0.1, 0.15) is 5.75 Å². The van der Waals surface area contributed by atoms with Crippen LogP contribution in [-0.2, 0) is 0 Å². The number of thiophene rings is 1. The fourth-order valence-electron chi connectivity index (χ4n) is 1.15. The second kappa shape index (κ2) is 3.11. The first kappa shape index (κ1) is 8.13. The first-order chi connectivity index (χ1) is 6.27. The van der Waals surface area contributed by atoms with Crippen molar-refractivity contribution in [3.05, 3.63) is 35.0 Å². The average molecular weight is 191 g/mol. The van der Waals surface area contributed by atoms with Gasteiger partial charge in [0, 0.05) is 0 Å². The predicted octanol–water partition coefficient (Wildman–Crippen LogP) is 2.70. The Balaban J connectivity index is 2.49. The minimum absolute atomic E-state index is 0.142. The van der Waals surface area contributed by atoms with Crippen LogP contribution in [0.15, 0.2) is 35.0 Å². The fraction of sp³-hybridized carbons (Fsp3) is 0. The van der Waals surface area contributed by atoms with Crippen LogP contribution in [0, 0.1) is 0 Å². The van der Waals surface area contributed by atoms with Crippen molar-refractivity contribution in [2.24, 2.45) is 0 Å². The minimum Gasteiger partial charge on any atom is -0.506 e. The number of benzene rings is 1. The molecule has 0 saturated heterocycles. The van der Waals surface area contributed by atoms with Crippen molar-refractivity contribution in [2.75, 3.05) is 5.73 Å². The summed E-state index contributed by atoms with van der Waals surface area (Å²) in [7, 11) is 0. The van der Waals surface area contributed by atoms with Gasteiger partial charge in [0.15, 0.2) is 0 Å². The van der Waals surface area contributed by atoms with E-state index in [-0.39, 0.29) is 5.75 Å². The van der Waals surface area contributed by atoms with Gasteiger partial charge in [0.25, 0.3) is 0 Å². The van der Waals surface area contributed by atoms with Crippen molar-refractivity contribution in [3.8, 4) is 16.9 Å². The lowest BCUT2D eigenvalue weighted by Crippen LogP contribution is -1.85. The maximum atomic E-state index is 9.38. The molecule has 3 heteroatoms. The summed E-state index contributed by atoms with van der Waals surface area (Å²) < 4.78 is 0. The summed E-state index contributed by atoms with van der Waals surface area (Å²) in [4.78, 5) is 0. The van der Waals surface area contributed by atoms with Gasteiger partial charge in [-0.25, -0.2) is 0 Å². The van der Waals surface area contributed by atoms with Gasteiger partial charge in [-0.05, 0) is 40.1 Å². The van der Waals surface area contributed by atoms with E-state index in [1.165, 1.54) is 0 Å². The molecule has 0 aliphatic rings. The van der Waals surface area contributed by atoms with E-state index in [0.717, 1.165) is 11.1 Å². The molecule has 2 rings (SSSR count). The molecule has 3 N–H and O–H groups in total. The Bertz CT molecular complexity index is 409. The van der Waals surface area contributed by atoms with Crippen LogP contribution in [0.3, 0.4) is 0 Å². The molecule has 66 valence electrons. The third kappa shape index (κ3) is 1.51. The van der Waals surface area contributed by atoms with Gasteiger partial charge in [0.05, 0.1) is 5.69 Å². The summed E-state index contributed by atoms with van der Waals surface area (Å²) >= 11 is 1.63. The van der Waals surface area contributed by atoms with Crippen molar-refractivity contribution in [2.45, 2.75) is 0 Å².